The maximum Gasteiger partial charge on any atom is 0.229 e. The van der Waals surface area contributed by atoms with Crippen molar-refractivity contribution in [1.82, 2.24) is 0 Å². The first kappa shape index (κ1) is 15.8. The summed E-state index contributed by atoms with van der Waals surface area (Å²) >= 11 is 12.0. The molecule has 1 aliphatic heterocycles. The number of hydrogen-bond acceptors (Lipinski definition) is 2. The van der Waals surface area contributed by atoms with Gasteiger partial charge in [-0.3, -0.25) is 9.59 Å². The average Bonchev–Trinajstić information content (AvgIpc) is 2.94. The number of benzene rings is 2. The van der Waals surface area contributed by atoms with E-state index in [0.29, 0.717) is 22.3 Å². The van der Waals surface area contributed by atoms with Crippen LogP contribution in [0.15, 0.2) is 48.5 Å². The maximum atomic E-state index is 12.4. The van der Waals surface area contributed by atoms with E-state index in [1.807, 2.05) is 30.3 Å². The van der Waals surface area contributed by atoms with Crippen LogP contribution in [-0.4, -0.2) is 18.4 Å². The Labute approximate surface area is 144 Å². The Kier molecular flexibility index (Phi) is 4.55. The van der Waals surface area contributed by atoms with E-state index in [4.69, 9.17) is 23.2 Å². The number of anilines is 2. The molecule has 118 valence electrons. The van der Waals surface area contributed by atoms with Crippen molar-refractivity contribution in [2.24, 2.45) is 5.92 Å². The summed E-state index contributed by atoms with van der Waals surface area (Å²) in [5, 5.41) is 3.64. The molecule has 0 aliphatic carbocycles. The Hall–Kier alpha value is -2.04. The van der Waals surface area contributed by atoms with E-state index in [2.05, 4.69) is 5.32 Å². The second kappa shape index (κ2) is 6.60. The zero-order valence-corrected chi connectivity index (χ0v) is 13.6. The normalized spacial score (nSPS) is 17.4. The highest BCUT2D eigenvalue weighted by Gasteiger charge is 2.35. The van der Waals surface area contributed by atoms with E-state index in [0.717, 1.165) is 5.69 Å². The van der Waals surface area contributed by atoms with Gasteiger partial charge in [0.1, 0.15) is 0 Å². The van der Waals surface area contributed by atoms with E-state index in [9.17, 15) is 9.59 Å². The molecule has 0 saturated carbocycles. The molecule has 2 aromatic rings. The Morgan fingerprint density at radius 3 is 2.61 bits per heavy atom. The number of nitrogens with one attached hydrogen (secondary N) is 1. The fraction of sp³-hybridized carbons (Fsp3) is 0.176. The van der Waals surface area contributed by atoms with E-state index >= 15 is 0 Å². The highest BCUT2D eigenvalue weighted by molar-refractivity contribution is 6.35. The lowest BCUT2D eigenvalue weighted by Gasteiger charge is -2.16. The van der Waals surface area contributed by atoms with Crippen LogP contribution in [-0.2, 0) is 9.59 Å². The number of halogens is 2. The number of hydrogen-bond donors (Lipinski definition) is 1. The zero-order valence-electron chi connectivity index (χ0n) is 12.1. The van der Waals surface area contributed by atoms with Crippen LogP contribution in [0.1, 0.15) is 6.42 Å². The van der Waals surface area contributed by atoms with E-state index in [1.165, 1.54) is 0 Å². The van der Waals surface area contributed by atoms with Gasteiger partial charge in [-0.15, -0.1) is 0 Å². The summed E-state index contributed by atoms with van der Waals surface area (Å²) in [6.07, 6.45) is 0.179. The molecule has 1 aliphatic rings. The minimum absolute atomic E-state index is 0.0615. The first-order valence-electron chi connectivity index (χ1n) is 7.16. The van der Waals surface area contributed by atoms with Crippen molar-refractivity contribution >= 4 is 46.4 Å². The van der Waals surface area contributed by atoms with Gasteiger partial charge in [-0.05, 0) is 30.3 Å². The molecule has 0 aromatic heterocycles. The van der Waals surface area contributed by atoms with Crippen LogP contribution in [0, 0.1) is 5.92 Å². The minimum atomic E-state index is -0.419. The number of amides is 2. The Balaban J connectivity index is 1.72. The van der Waals surface area contributed by atoms with Gasteiger partial charge in [-0.1, -0.05) is 41.4 Å². The lowest BCUT2D eigenvalue weighted by Crippen LogP contribution is -2.28. The number of carbonyl (C=O) groups excluding carboxylic acids is 2. The number of rotatable bonds is 3. The third-order valence-corrected chi connectivity index (χ3v) is 4.31. The third-order valence-electron chi connectivity index (χ3n) is 3.75. The monoisotopic (exact) mass is 348 g/mol. The number of para-hydroxylation sites is 1. The summed E-state index contributed by atoms with van der Waals surface area (Å²) in [5.74, 6) is -0.716. The average molecular weight is 349 g/mol. The largest absolute Gasteiger partial charge is 0.324 e. The molecular weight excluding hydrogens is 335 g/mol. The highest BCUT2D eigenvalue weighted by Crippen LogP contribution is 2.29. The zero-order chi connectivity index (χ0) is 16.4. The van der Waals surface area contributed by atoms with Gasteiger partial charge in [-0.25, -0.2) is 0 Å². The molecular formula is C17H14Cl2N2O2. The van der Waals surface area contributed by atoms with Crippen molar-refractivity contribution < 1.29 is 9.59 Å². The van der Waals surface area contributed by atoms with Crippen molar-refractivity contribution in [3.05, 3.63) is 58.6 Å². The second-order valence-electron chi connectivity index (χ2n) is 5.35. The molecule has 0 bridgehead atoms. The van der Waals surface area contributed by atoms with Crippen LogP contribution in [0.25, 0.3) is 0 Å². The third kappa shape index (κ3) is 3.49. The molecule has 1 fully saturated rings. The summed E-state index contributed by atoms with van der Waals surface area (Å²) in [6, 6.07) is 14.2. The van der Waals surface area contributed by atoms with Crippen LogP contribution < -0.4 is 10.2 Å². The summed E-state index contributed by atoms with van der Waals surface area (Å²) in [4.78, 5) is 26.2. The van der Waals surface area contributed by atoms with Gasteiger partial charge in [0.2, 0.25) is 11.8 Å². The summed E-state index contributed by atoms with van der Waals surface area (Å²) < 4.78 is 0. The van der Waals surface area contributed by atoms with Crippen molar-refractivity contribution in [2.45, 2.75) is 6.42 Å². The predicted octanol–water partition coefficient (Wildman–Crippen LogP) is 3.99. The highest BCUT2D eigenvalue weighted by atomic mass is 35.5. The van der Waals surface area contributed by atoms with E-state index in [-0.39, 0.29) is 18.2 Å². The van der Waals surface area contributed by atoms with Crippen LogP contribution in [0.2, 0.25) is 10.0 Å². The molecule has 2 aromatic carbocycles. The molecule has 6 heteroatoms. The fourth-order valence-corrected chi connectivity index (χ4v) is 2.91. The Bertz CT molecular complexity index is 750. The van der Waals surface area contributed by atoms with Crippen LogP contribution in [0.4, 0.5) is 11.4 Å². The minimum Gasteiger partial charge on any atom is -0.324 e. The lowest BCUT2D eigenvalue weighted by molar-refractivity contribution is -0.122. The molecule has 0 spiro atoms. The molecule has 0 unspecified atom stereocenters. The van der Waals surface area contributed by atoms with Crippen LogP contribution >= 0.6 is 23.2 Å². The van der Waals surface area contributed by atoms with Crippen LogP contribution in [0.3, 0.4) is 0 Å². The van der Waals surface area contributed by atoms with Gasteiger partial charge in [-0.2, -0.15) is 0 Å². The molecule has 1 atom stereocenters. The number of carbonyl (C=O) groups is 2. The van der Waals surface area contributed by atoms with E-state index in [1.54, 1.807) is 23.1 Å². The molecule has 4 nitrogen and oxygen atoms in total. The van der Waals surface area contributed by atoms with Gasteiger partial charge >= 0.3 is 0 Å². The van der Waals surface area contributed by atoms with Gasteiger partial charge in [0.15, 0.2) is 0 Å². The maximum absolute atomic E-state index is 12.4. The SMILES string of the molecule is O=C(Nc1cc(Cl)ccc1Cl)[C@@H]1CC(=O)N(c2ccccc2)C1. The molecule has 1 N–H and O–H groups in total. The smallest absolute Gasteiger partial charge is 0.229 e. The lowest BCUT2D eigenvalue weighted by atomic mass is 10.1. The van der Waals surface area contributed by atoms with Gasteiger partial charge in [0.25, 0.3) is 0 Å². The number of nitrogens with zero attached hydrogens (tertiary/aromatic N) is 1. The molecule has 23 heavy (non-hydrogen) atoms. The van der Waals surface area contributed by atoms with Crippen LogP contribution in [0.5, 0.6) is 0 Å². The summed E-state index contributed by atoms with van der Waals surface area (Å²) in [7, 11) is 0. The van der Waals surface area contributed by atoms with Crippen molar-refractivity contribution in [3.63, 3.8) is 0 Å². The molecule has 0 radical (unpaired) electrons. The molecule has 3 rings (SSSR count). The molecule has 1 heterocycles. The Morgan fingerprint density at radius 2 is 1.87 bits per heavy atom. The second-order valence-corrected chi connectivity index (χ2v) is 6.20. The van der Waals surface area contributed by atoms with Crippen molar-refractivity contribution in [1.29, 1.82) is 0 Å². The predicted molar refractivity (Wildman–Crippen MR) is 92.0 cm³/mol. The Morgan fingerprint density at radius 1 is 1.13 bits per heavy atom. The fourth-order valence-electron chi connectivity index (χ4n) is 2.57. The first-order valence-corrected chi connectivity index (χ1v) is 7.91. The van der Waals surface area contributed by atoms with Gasteiger partial charge in [0, 0.05) is 23.7 Å². The van der Waals surface area contributed by atoms with Gasteiger partial charge < -0.3 is 10.2 Å². The van der Waals surface area contributed by atoms with Crippen molar-refractivity contribution in [2.75, 3.05) is 16.8 Å². The first-order chi connectivity index (χ1) is 11.0. The molecule has 2 amide bonds. The van der Waals surface area contributed by atoms with Crippen molar-refractivity contribution in [3.8, 4) is 0 Å². The summed E-state index contributed by atoms with van der Waals surface area (Å²) in [5.41, 5.74) is 1.25. The topological polar surface area (TPSA) is 49.4 Å². The quantitative estimate of drug-likeness (QED) is 0.911. The molecule has 1 saturated heterocycles. The van der Waals surface area contributed by atoms with Gasteiger partial charge in [0.05, 0.1) is 16.6 Å². The van der Waals surface area contributed by atoms with E-state index < -0.39 is 5.92 Å². The standard InChI is InChI=1S/C17H14Cl2N2O2/c18-12-6-7-14(19)15(9-12)20-17(23)11-8-16(22)21(10-11)13-4-2-1-3-5-13/h1-7,9,11H,8,10H2,(H,20,23)/t11-/m1/s1. The summed E-state index contributed by atoms with van der Waals surface area (Å²) in [6.45, 7) is 0.354.